The Labute approximate surface area is 96.2 Å². The molecule has 0 bridgehead atoms. The molecule has 0 aliphatic rings. The third kappa shape index (κ3) is 2.64. The third-order valence-corrected chi connectivity index (χ3v) is 3.41. The fourth-order valence-corrected chi connectivity index (χ4v) is 2.36. The van der Waals surface area contributed by atoms with E-state index in [0.29, 0.717) is 17.3 Å². The van der Waals surface area contributed by atoms with Crippen LogP contribution in [0.3, 0.4) is 0 Å². The molecule has 0 spiro atoms. The number of benzene rings is 1. The van der Waals surface area contributed by atoms with Crippen molar-refractivity contribution in [3.05, 3.63) is 22.4 Å². The minimum Gasteiger partial charge on any atom is -0.490 e. The SMILES string of the molecule is CCCOc1ccc(Br)c(SC)c1F. The molecule has 0 heterocycles. The molecule has 0 saturated heterocycles. The second-order valence-electron chi connectivity index (χ2n) is 2.74. The topological polar surface area (TPSA) is 9.23 Å². The molecular weight excluding hydrogens is 267 g/mol. The summed E-state index contributed by atoms with van der Waals surface area (Å²) in [5.74, 6) is 0.0553. The van der Waals surface area contributed by atoms with Gasteiger partial charge in [0.2, 0.25) is 0 Å². The quantitative estimate of drug-likeness (QED) is 0.767. The van der Waals surface area contributed by atoms with Gasteiger partial charge in [0.25, 0.3) is 0 Å². The lowest BCUT2D eigenvalue weighted by Crippen LogP contribution is -1.98. The average molecular weight is 279 g/mol. The van der Waals surface area contributed by atoms with Gasteiger partial charge in [-0.2, -0.15) is 0 Å². The van der Waals surface area contributed by atoms with E-state index in [1.165, 1.54) is 11.8 Å². The van der Waals surface area contributed by atoms with Crippen molar-refractivity contribution >= 4 is 27.7 Å². The molecule has 0 aliphatic heterocycles. The largest absolute Gasteiger partial charge is 0.490 e. The molecule has 0 aromatic heterocycles. The van der Waals surface area contributed by atoms with Gasteiger partial charge in [0.05, 0.1) is 11.5 Å². The summed E-state index contributed by atoms with van der Waals surface area (Å²) in [6, 6.07) is 3.45. The minimum absolute atomic E-state index is 0.277. The molecule has 1 aromatic carbocycles. The Morgan fingerprint density at radius 3 is 2.79 bits per heavy atom. The first kappa shape index (κ1) is 11.9. The molecular formula is C10H12BrFOS. The number of thioether (sulfide) groups is 1. The molecule has 14 heavy (non-hydrogen) atoms. The van der Waals surface area contributed by atoms with Gasteiger partial charge in [-0.1, -0.05) is 6.92 Å². The van der Waals surface area contributed by atoms with Crippen LogP contribution in [0.2, 0.25) is 0 Å². The molecule has 0 unspecified atom stereocenters. The highest BCUT2D eigenvalue weighted by Crippen LogP contribution is 2.33. The van der Waals surface area contributed by atoms with E-state index in [9.17, 15) is 4.39 Å². The first-order valence-electron chi connectivity index (χ1n) is 4.35. The monoisotopic (exact) mass is 278 g/mol. The van der Waals surface area contributed by atoms with Crippen molar-refractivity contribution in [3.8, 4) is 5.75 Å². The van der Waals surface area contributed by atoms with Gasteiger partial charge in [0.1, 0.15) is 0 Å². The summed E-state index contributed by atoms with van der Waals surface area (Å²) in [4.78, 5) is 0.596. The van der Waals surface area contributed by atoms with Crippen LogP contribution in [0.15, 0.2) is 21.5 Å². The highest BCUT2D eigenvalue weighted by Gasteiger charge is 2.11. The van der Waals surface area contributed by atoms with Crippen LogP contribution in [-0.2, 0) is 0 Å². The minimum atomic E-state index is -0.277. The molecule has 0 aliphatic carbocycles. The van der Waals surface area contributed by atoms with Gasteiger partial charge in [0, 0.05) is 4.47 Å². The molecule has 0 saturated carbocycles. The number of hydrogen-bond acceptors (Lipinski definition) is 2. The Hall–Kier alpha value is -0.220. The lowest BCUT2D eigenvalue weighted by atomic mass is 10.3. The Balaban J connectivity index is 2.96. The van der Waals surface area contributed by atoms with Crippen molar-refractivity contribution < 1.29 is 9.13 Å². The Morgan fingerprint density at radius 1 is 1.50 bits per heavy atom. The predicted octanol–water partition coefficient (Wildman–Crippen LogP) is 4.10. The number of hydrogen-bond donors (Lipinski definition) is 0. The zero-order valence-electron chi connectivity index (χ0n) is 8.14. The Morgan fingerprint density at radius 2 is 2.21 bits per heavy atom. The molecule has 78 valence electrons. The van der Waals surface area contributed by atoms with Gasteiger partial charge in [-0.3, -0.25) is 0 Å². The molecule has 0 N–H and O–H groups in total. The molecule has 0 radical (unpaired) electrons. The summed E-state index contributed by atoms with van der Waals surface area (Å²) in [6.45, 7) is 2.54. The number of ether oxygens (including phenoxy) is 1. The van der Waals surface area contributed by atoms with Crippen LogP contribution in [-0.4, -0.2) is 12.9 Å². The zero-order chi connectivity index (χ0) is 10.6. The van der Waals surface area contributed by atoms with Crippen molar-refractivity contribution in [1.29, 1.82) is 0 Å². The molecule has 1 aromatic rings. The molecule has 1 nitrogen and oxygen atoms in total. The molecule has 4 heteroatoms. The van der Waals surface area contributed by atoms with Crippen LogP contribution in [0, 0.1) is 5.82 Å². The van der Waals surface area contributed by atoms with Gasteiger partial charge in [-0.25, -0.2) is 4.39 Å². The number of halogens is 2. The van der Waals surface area contributed by atoms with Crippen LogP contribution in [0.5, 0.6) is 5.75 Å². The van der Waals surface area contributed by atoms with Gasteiger partial charge < -0.3 is 4.74 Å². The molecule has 0 atom stereocenters. The van der Waals surface area contributed by atoms with Gasteiger partial charge >= 0.3 is 0 Å². The maximum absolute atomic E-state index is 13.7. The van der Waals surface area contributed by atoms with Gasteiger partial charge in [0.15, 0.2) is 11.6 Å². The molecule has 1 rings (SSSR count). The fourth-order valence-electron chi connectivity index (χ4n) is 1.03. The van der Waals surface area contributed by atoms with E-state index in [2.05, 4.69) is 15.9 Å². The predicted molar refractivity (Wildman–Crippen MR) is 61.7 cm³/mol. The number of rotatable bonds is 4. The fraction of sp³-hybridized carbons (Fsp3) is 0.400. The van der Waals surface area contributed by atoms with Crippen molar-refractivity contribution in [2.75, 3.05) is 12.9 Å². The molecule has 0 amide bonds. The van der Waals surface area contributed by atoms with E-state index in [0.717, 1.165) is 10.9 Å². The highest BCUT2D eigenvalue weighted by atomic mass is 79.9. The Kier molecular flexibility index (Phi) is 4.75. The van der Waals surface area contributed by atoms with E-state index in [1.807, 2.05) is 13.2 Å². The van der Waals surface area contributed by atoms with Crippen molar-refractivity contribution in [2.24, 2.45) is 0 Å². The molecule has 0 fully saturated rings. The van der Waals surface area contributed by atoms with E-state index >= 15 is 0 Å². The maximum atomic E-state index is 13.7. The lowest BCUT2D eigenvalue weighted by molar-refractivity contribution is 0.298. The first-order chi connectivity index (χ1) is 6.70. The summed E-state index contributed by atoms with van der Waals surface area (Å²) in [7, 11) is 0. The van der Waals surface area contributed by atoms with Gasteiger partial charge in [-0.15, -0.1) is 11.8 Å². The zero-order valence-corrected chi connectivity index (χ0v) is 10.5. The van der Waals surface area contributed by atoms with Crippen molar-refractivity contribution in [1.82, 2.24) is 0 Å². The van der Waals surface area contributed by atoms with Gasteiger partial charge in [-0.05, 0) is 40.7 Å². The van der Waals surface area contributed by atoms with Crippen LogP contribution < -0.4 is 4.74 Å². The standard InChI is InChI=1S/C10H12BrFOS/c1-3-6-13-8-5-4-7(11)10(14-2)9(8)12/h4-5H,3,6H2,1-2H3. The summed E-state index contributed by atoms with van der Waals surface area (Å²) in [5.41, 5.74) is 0. The highest BCUT2D eigenvalue weighted by molar-refractivity contribution is 9.10. The third-order valence-electron chi connectivity index (χ3n) is 1.68. The van der Waals surface area contributed by atoms with Crippen molar-refractivity contribution in [2.45, 2.75) is 18.2 Å². The summed E-state index contributed by atoms with van der Waals surface area (Å²) >= 11 is 4.66. The first-order valence-corrected chi connectivity index (χ1v) is 6.37. The van der Waals surface area contributed by atoms with Crippen LogP contribution in [0.25, 0.3) is 0 Å². The second-order valence-corrected chi connectivity index (χ2v) is 4.41. The van der Waals surface area contributed by atoms with E-state index < -0.39 is 0 Å². The maximum Gasteiger partial charge on any atom is 0.179 e. The Bertz CT molecular complexity index is 317. The summed E-state index contributed by atoms with van der Waals surface area (Å²) in [6.07, 6.45) is 2.72. The van der Waals surface area contributed by atoms with Crippen LogP contribution in [0.1, 0.15) is 13.3 Å². The van der Waals surface area contributed by atoms with E-state index in [-0.39, 0.29) is 5.82 Å². The second kappa shape index (κ2) is 5.61. The normalized spacial score (nSPS) is 10.3. The summed E-state index contributed by atoms with van der Waals surface area (Å²) in [5, 5.41) is 0. The van der Waals surface area contributed by atoms with E-state index in [1.54, 1.807) is 12.1 Å². The van der Waals surface area contributed by atoms with Crippen LogP contribution >= 0.6 is 27.7 Å². The lowest BCUT2D eigenvalue weighted by Gasteiger charge is -2.09. The summed E-state index contributed by atoms with van der Waals surface area (Å²) < 4.78 is 19.7. The average Bonchev–Trinajstić information content (AvgIpc) is 2.18. The van der Waals surface area contributed by atoms with Crippen molar-refractivity contribution in [3.63, 3.8) is 0 Å². The van der Waals surface area contributed by atoms with Crippen LogP contribution in [0.4, 0.5) is 4.39 Å². The van der Waals surface area contributed by atoms with E-state index in [4.69, 9.17) is 4.74 Å². The smallest absolute Gasteiger partial charge is 0.179 e.